The maximum absolute atomic E-state index is 12.3. The number of carbonyl (C=O) groups is 2. The zero-order valence-electron chi connectivity index (χ0n) is 19.6. The second-order valence-corrected chi connectivity index (χ2v) is 8.59. The van der Waals surface area contributed by atoms with Crippen LogP contribution in [0.5, 0.6) is 0 Å². The van der Waals surface area contributed by atoms with Gasteiger partial charge in [-0.15, -0.1) is 24.0 Å². The molecule has 1 aliphatic heterocycles. The SMILES string of the molecule is CCNC(=NCC(NC(=O)OC(C)(C)C)c1ccccc1)NCCCN1CCCC1=O.I. The molecule has 0 bridgehead atoms. The second kappa shape index (κ2) is 14.2. The van der Waals surface area contributed by atoms with Crippen LogP contribution in [0.4, 0.5) is 4.79 Å². The molecule has 1 aromatic carbocycles. The van der Waals surface area contributed by atoms with Gasteiger partial charge in [-0.1, -0.05) is 30.3 Å². The van der Waals surface area contributed by atoms with Crippen LogP contribution in [0.1, 0.15) is 58.6 Å². The molecule has 2 amide bonds. The van der Waals surface area contributed by atoms with Crippen molar-refractivity contribution >= 4 is 41.9 Å². The lowest BCUT2D eigenvalue weighted by atomic mass is 10.1. The Labute approximate surface area is 209 Å². The minimum atomic E-state index is -0.568. The molecule has 9 heteroatoms. The molecule has 8 nitrogen and oxygen atoms in total. The van der Waals surface area contributed by atoms with E-state index in [1.807, 2.05) is 62.9 Å². The fraction of sp³-hybridized carbons (Fsp3) is 0.609. The normalized spacial score (nSPS) is 15.1. The van der Waals surface area contributed by atoms with Crippen LogP contribution in [-0.2, 0) is 9.53 Å². The van der Waals surface area contributed by atoms with Crippen molar-refractivity contribution in [1.82, 2.24) is 20.9 Å². The van der Waals surface area contributed by atoms with Crippen LogP contribution in [0.15, 0.2) is 35.3 Å². The summed E-state index contributed by atoms with van der Waals surface area (Å²) in [5.74, 6) is 0.932. The molecule has 1 aromatic rings. The molecular weight excluding hydrogens is 521 g/mol. The third-order valence-corrected chi connectivity index (χ3v) is 4.74. The first-order chi connectivity index (χ1) is 14.8. The van der Waals surface area contributed by atoms with Crippen molar-refractivity contribution in [2.45, 2.75) is 58.6 Å². The third kappa shape index (κ3) is 10.5. The molecule has 180 valence electrons. The Balaban J connectivity index is 0.00000512. The fourth-order valence-corrected chi connectivity index (χ4v) is 3.31. The smallest absolute Gasteiger partial charge is 0.408 e. The first-order valence-electron chi connectivity index (χ1n) is 11.1. The van der Waals surface area contributed by atoms with E-state index in [9.17, 15) is 9.59 Å². The molecule has 1 atom stereocenters. The van der Waals surface area contributed by atoms with Crippen molar-refractivity contribution < 1.29 is 14.3 Å². The minimum Gasteiger partial charge on any atom is -0.444 e. The van der Waals surface area contributed by atoms with E-state index in [1.165, 1.54) is 0 Å². The third-order valence-electron chi connectivity index (χ3n) is 4.74. The maximum atomic E-state index is 12.3. The van der Waals surface area contributed by atoms with E-state index in [4.69, 9.17) is 4.74 Å². The van der Waals surface area contributed by atoms with Gasteiger partial charge in [-0.25, -0.2) is 4.79 Å². The monoisotopic (exact) mass is 559 g/mol. The fourth-order valence-electron chi connectivity index (χ4n) is 3.31. The van der Waals surface area contributed by atoms with Crippen LogP contribution in [0.25, 0.3) is 0 Å². The number of amides is 2. The van der Waals surface area contributed by atoms with Crippen LogP contribution in [-0.4, -0.2) is 61.2 Å². The van der Waals surface area contributed by atoms with Gasteiger partial charge in [-0.05, 0) is 46.1 Å². The number of aliphatic imine (C=N–C) groups is 1. The quantitative estimate of drug-likeness (QED) is 0.187. The molecule has 32 heavy (non-hydrogen) atoms. The van der Waals surface area contributed by atoms with Gasteiger partial charge in [-0.2, -0.15) is 0 Å². The summed E-state index contributed by atoms with van der Waals surface area (Å²) >= 11 is 0. The first-order valence-corrected chi connectivity index (χ1v) is 11.1. The molecule has 2 rings (SSSR count). The largest absolute Gasteiger partial charge is 0.444 e. The summed E-state index contributed by atoms with van der Waals surface area (Å²) in [7, 11) is 0. The van der Waals surface area contributed by atoms with E-state index in [0.717, 1.165) is 38.0 Å². The molecule has 1 saturated heterocycles. The number of alkyl carbamates (subject to hydrolysis) is 1. The van der Waals surface area contributed by atoms with E-state index in [-0.39, 0.29) is 35.9 Å². The Kier molecular flexibility index (Phi) is 12.4. The molecule has 0 saturated carbocycles. The van der Waals surface area contributed by atoms with Crippen molar-refractivity contribution in [3.8, 4) is 0 Å². The molecule has 0 spiro atoms. The predicted octanol–water partition coefficient (Wildman–Crippen LogP) is 3.44. The van der Waals surface area contributed by atoms with Crippen LogP contribution in [0.3, 0.4) is 0 Å². The van der Waals surface area contributed by atoms with Gasteiger partial charge in [0.05, 0.1) is 12.6 Å². The summed E-state index contributed by atoms with van der Waals surface area (Å²) in [6, 6.07) is 9.43. The van der Waals surface area contributed by atoms with Gasteiger partial charge in [0.2, 0.25) is 5.91 Å². The Hall–Kier alpha value is -2.04. The average molecular weight is 559 g/mol. The molecule has 0 aromatic heterocycles. The molecule has 0 radical (unpaired) electrons. The van der Waals surface area contributed by atoms with E-state index in [0.29, 0.717) is 25.5 Å². The summed E-state index contributed by atoms with van der Waals surface area (Å²) in [6.07, 6.45) is 2.02. The molecule has 1 aliphatic rings. The Morgan fingerprint density at radius 2 is 1.94 bits per heavy atom. The summed E-state index contributed by atoms with van der Waals surface area (Å²) in [5, 5.41) is 9.48. The van der Waals surface area contributed by atoms with Crippen LogP contribution in [0.2, 0.25) is 0 Å². The number of rotatable bonds is 9. The summed E-state index contributed by atoms with van der Waals surface area (Å²) in [4.78, 5) is 30.6. The number of hydrogen-bond acceptors (Lipinski definition) is 4. The van der Waals surface area contributed by atoms with Gasteiger partial charge in [0.25, 0.3) is 0 Å². The Morgan fingerprint density at radius 3 is 2.53 bits per heavy atom. The number of likely N-dealkylation sites (tertiary alicyclic amines) is 1. The highest BCUT2D eigenvalue weighted by atomic mass is 127. The number of guanidine groups is 1. The van der Waals surface area contributed by atoms with Crippen LogP contribution in [0, 0.1) is 0 Å². The van der Waals surface area contributed by atoms with Gasteiger partial charge in [0.1, 0.15) is 5.60 Å². The lowest BCUT2D eigenvalue weighted by Gasteiger charge is -2.23. The number of nitrogens with zero attached hydrogens (tertiary/aromatic N) is 2. The summed E-state index contributed by atoms with van der Waals surface area (Å²) in [6.45, 7) is 11.0. The molecule has 1 fully saturated rings. The van der Waals surface area contributed by atoms with Crippen molar-refractivity contribution in [1.29, 1.82) is 0 Å². The second-order valence-electron chi connectivity index (χ2n) is 8.59. The minimum absolute atomic E-state index is 0. The zero-order chi connectivity index (χ0) is 22.7. The van der Waals surface area contributed by atoms with E-state index >= 15 is 0 Å². The molecular formula is C23H38IN5O3. The van der Waals surface area contributed by atoms with Gasteiger partial charge >= 0.3 is 6.09 Å². The maximum Gasteiger partial charge on any atom is 0.408 e. The number of hydrogen-bond donors (Lipinski definition) is 3. The van der Waals surface area contributed by atoms with Gasteiger partial charge in [0, 0.05) is 32.6 Å². The predicted molar refractivity (Wildman–Crippen MR) is 138 cm³/mol. The molecule has 0 aliphatic carbocycles. The summed E-state index contributed by atoms with van der Waals surface area (Å²) in [5.41, 5.74) is 0.391. The number of halogens is 1. The van der Waals surface area contributed by atoms with Gasteiger partial charge in [0.15, 0.2) is 5.96 Å². The van der Waals surface area contributed by atoms with Crippen molar-refractivity contribution in [3.05, 3.63) is 35.9 Å². The van der Waals surface area contributed by atoms with Crippen LogP contribution >= 0.6 is 24.0 Å². The summed E-state index contributed by atoms with van der Waals surface area (Å²) < 4.78 is 5.42. The molecule has 3 N–H and O–H groups in total. The number of carbonyl (C=O) groups excluding carboxylic acids is 2. The molecule has 1 heterocycles. The highest BCUT2D eigenvalue weighted by Gasteiger charge is 2.21. The van der Waals surface area contributed by atoms with Crippen LogP contribution < -0.4 is 16.0 Å². The Bertz CT molecular complexity index is 737. The van der Waals surface area contributed by atoms with E-state index < -0.39 is 11.7 Å². The average Bonchev–Trinajstić information content (AvgIpc) is 3.12. The van der Waals surface area contributed by atoms with E-state index in [2.05, 4.69) is 20.9 Å². The number of benzene rings is 1. The lowest BCUT2D eigenvalue weighted by Crippen LogP contribution is -2.40. The first kappa shape index (κ1) is 28.0. The van der Waals surface area contributed by atoms with Crippen molar-refractivity contribution in [2.24, 2.45) is 4.99 Å². The Morgan fingerprint density at radius 1 is 1.22 bits per heavy atom. The standard InChI is InChI=1S/C23H37N5O3.HI/c1-5-24-21(25-14-10-16-28-15-9-13-20(28)29)26-17-19(18-11-7-6-8-12-18)27-22(30)31-23(2,3)4;/h6-8,11-12,19H,5,9-10,13-17H2,1-4H3,(H,27,30)(H2,24,25,26);1H. The number of ether oxygens (including phenoxy) is 1. The molecule has 1 unspecified atom stereocenters. The number of nitrogens with one attached hydrogen (secondary N) is 3. The lowest BCUT2D eigenvalue weighted by molar-refractivity contribution is -0.127. The highest BCUT2D eigenvalue weighted by molar-refractivity contribution is 14.0. The topological polar surface area (TPSA) is 95.1 Å². The van der Waals surface area contributed by atoms with Crippen molar-refractivity contribution in [2.75, 3.05) is 32.7 Å². The van der Waals surface area contributed by atoms with Crippen molar-refractivity contribution in [3.63, 3.8) is 0 Å². The van der Waals surface area contributed by atoms with E-state index in [1.54, 1.807) is 0 Å². The highest BCUT2D eigenvalue weighted by Crippen LogP contribution is 2.15. The van der Waals surface area contributed by atoms with Gasteiger partial charge in [-0.3, -0.25) is 9.79 Å². The zero-order valence-corrected chi connectivity index (χ0v) is 22.0. The van der Waals surface area contributed by atoms with Gasteiger partial charge < -0.3 is 25.6 Å².